The van der Waals surface area contributed by atoms with Crippen LogP contribution in [0.2, 0.25) is 0 Å². The summed E-state index contributed by atoms with van der Waals surface area (Å²) in [6.45, 7) is 11.4. The molecule has 0 bridgehead atoms. The van der Waals surface area contributed by atoms with E-state index in [0.29, 0.717) is 0 Å². The van der Waals surface area contributed by atoms with E-state index in [4.69, 9.17) is 0 Å². The van der Waals surface area contributed by atoms with Crippen LogP contribution in [0.5, 0.6) is 0 Å². The third kappa shape index (κ3) is 5.09. The summed E-state index contributed by atoms with van der Waals surface area (Å²) in [6, 6.07) is 6.69. The predicted molar refractivity (Wildman–Crippen MR) is 151 cm³/mol. The van der Waals surface area contributed by atoms with Gasteiger partial charge in [0.2, 0.25) is 0 Å². The first-order valence-corrected chi connectivity index (χ1v) is 15.1. The first-order chi connectivity index (χ1) is 17.5. The molecule has 1 aromatic rings. The van der Waals surface area contributed by atoms with Gasteiger partial charge in [-0.3, -0.25) is 14.5 Å². The molecule has 0 spiro atoms. The second-order valence-electron chi connectivity index (χ2n) is 11.4. The summed E-state index contributed by atoms with van der Waals surface area (Å²) >= 11 is 0. The zero-order chi connectivity index (χ0) is 26.2. The molecule has 0 fully saturated rings. The van der Waals surface area contributed by atoms with Crippen LogP contribution >= 0.6 is 0 Å². The van der Waals surface area contributed by atoms with E-state index < -0.39 is 0 Å². The number of fused-ring (bicyclic) bond motifs is 1. The molecule has 0 unspecified atom stereocenters. The predicted octanol–water partition coefficient (Wildman–Crippen LogP) is 8.99. The average Bonchev–Trinajstić information content (AvgIpc) is 3.33. The Morgan fingerprint density at radius 3 is 1.69 bits per heavy atom. The van der Waals surface area contributed by atoms with Crippen molar-refractivity contribution in [3.63, 3.8) is 0 Å². The van der Waals surface area contributed by atoms with Gasteiger partial charge in [0.25, 0.3) is 11.8 Å². The molecular formula is C33H51NO2. The highest BCUT2D eigenvalue weighted by molar-refractivity contribution is 6.13. The smallest absolute Gasteiger partial charge is 0.254 e. The standard InChI is InChI=1S/C33H51NO2/c1-6-11-17-26-18-16-19-27-30(26)32(22-12-7-2,23-13-8-3)33(24-14-9-4,25-15-10-5)31(27)34-28(35)20-21-29(34)36/h16,18-21,31H,6-15,17,22-25H2,1-5H3/t31-/m1/s1. The fourth-order valence-corrected chi connectivity index (χ4v) is 7.56. The van der Waals surface area contributed by atoms with E-state index in [1.165, 1.54) is 67.4 Å². The van der Waals surface area contributed by atoms with Gasteiger partial charge in [-0.25, -0.2) is 0 Å². The largest absolute Gasteiger partial charge is 0.269 e. The van der Waals surface area contributed by atoms with Crippen molar-refractivity contribution < 1.29 is 9.59 Å². The van der Waals surface area contributed by atoms with Crippen LogP contribution in [0.4, 0.5) is 0 Å². The molecule has 0 radical (unpaired) electrons. The maximum atomic E-state index is 13.3. The lowest BCUT2D eigenvalue weighted by atomic mass is 9.53. The lowest BCUT2D eigenvalue weighted by Crippen LogP contribution is -2.51. The van der Waals surface area contributed by atoms with E-state index >= 15 is 0 Å². The number of hydrogen-bond donors (Lipinski definition) is 0. The summed E-state index contributed by atoms with van der Waals surface area (Å²) in [5.41, 5.74) is 4.20. The quantitative estimate of drug-likeness (QED) is 0.215. The summed E-state index contributed by atoms with van der Waals surface area (Å²) in [5, 5.41) is 0. The van der Waals surface area contributed by atoms with Crippen molar-refractivity contribution in [1.29, 1.82) is 0 Å². The highest BCUT2D eigenvalue weighted by Crippen LogP contribution is 2.69. The van der Waals surface area contributed by atoms with Gasteiger partial charge >= 0.3 is 0 Å². The molecule has 1 aromatic carbocycles. The highest BCUT2D eigenvalue weighted by atomic mass is 16.2. The molecule has 3 heteroatoms. The molecular weight excluding hydrogens is 442 g/mol. The van der Waals surface area contributed by atoms with E-state index in [1.807, 2.05) is 0 Å². The van der Waals surface area contributed by atoms with Gasteiger partial charge in [-0.1, -0.05) is 111 Å². The molecule has 1 heterocycles. The van der Waals surface area contributed by atoms with Gasteiger partial charge in [0.1, 0.15) is 0 Å². The van der Waals surface area contributed by atoms with Gasteiger partial charge in [-0.15, -0.1) is 0 Å². The summed E-state index contributed by atoms with van der Waals surface area (Å²) < 4.78 is 0. The Hall–Kier alpha value is -1.90. The first-order valence-electron chi connectivity index (χ1n) is 15.1. The Kier molecular flexibility index (Phi) is 10.4. The number of aryl methyl sites for hydroxylation is 1. The fourth-order valence-electron chi connectivity index (χ4n) is 7.56. The van der Waals surface area contributed by atoms with Crippen molar-refractivity contribution in [3.05, 3.63) is 47.0 Å². The topological polar surface area (TPSA) is 37.4 Å². The Balaban J connectivity index is 2.39. The number of carbonyl (C=O) groups excluding carboxylic acids is 2. The molecule has 1 aliphatic heterocycles. The maximum Gasteiger partial charge on any atom is 0.254 e. The number of unbranched alkanes of at least 4 members (excludes halogenated alkanes) is 5. The van der Waals surface area contributed by atoms with Crippen LogP contribution in [-0.4, -0.2) is 16.7 Å². The average molecular weight is 494 g/mol. The minimum absolute atomic E-state index is 0.0108. The molecule has 3 rings (SSSR count). The van der Waals surface area contributed by atoms with E-state index in [-0.39, 0.29) is 28.7 Å². The molecule has 2 amide bonds. The van der Waals surface area contributed by atoms with Crippen LogP contribution in [0.25, 0.3) is 0 Å². The molecule has 1 atom stereocenters. The van der Waals surface area contributed by atoms with Crippen LogP contribution in [0.15, 0.2) is 30.4 Å². The van der Waals surface area contributed by atoms with Crippen molar-refractivity contribution >= 4 is 11.8 Å². The van der Waals surface area contributed by atoms with Crippen molar-refractivity contribution in [2.75, 3.05) is 0 Å². The fraction of sp³-hybridized carbons (Fsp3) is 0.697. The Labute approximate surface area is 221 Å². The molecule has 0 N–H and O–H groups in total. The molecule has 1 aliphatic carbocycles. The van der Waals surface area contributed by atoms with Crippen molar-refractivity contribution in [1.82, 2.24) is 4.90 Å². The normalized spacial score (nSPS) is 19.9. The van der Waals surface area contributed by atoms with Crippen LogP contribution < -0.4 is 0 Å². The number of benzene rings is 1. The molecule has 0 aromatic heterocycles. The molecule has 36 heavy (non-hydrogen) atoms. The second-order valence-corrected chi connectivity index (χ2v) is 11.4. The third-order valence-electron chi connectivity index (χ3n) is 9.20. The summed E-state index contributed by atoms with van der Waals surface area (Å²) in [6.07, 6.45) is 20.2. The van der Waals surface area contributed by atoms with Gasteiger partial charge in [-0.05, 0) is 55.2 Å². The Morgan fingerprint density at radius 2 is 1.19 bits per heavy atom. The minimum Gasteiger partial charge on any atom is -0.269 e. The van der Waals surface area contributed by atoms with Gasteiger partial charge < -0.3 is 0 Å². The van der Waals surface area contributed by atoms with Gasteiger partial charge in [0.15, 0.2) is 0 Å². The molecule has 200 valence electrons. The van der Waals surface area contributed by atoms with E-state index in [0.717, 1.165) is 57.8 Å². The van der Waals surface area contributed by atoms with Crippen LogP contribution in [0.1, 0.15) is 147 Å². The number of hydrogen-bond acceptors (Lipinski definition) is 2. The Morgan fingerprint density at radius 1 is 0.694 bits per heavy atom. The van der Waals surface area contributed by atoms with Gasteiger partial charge in [-0.2, -0.15) is 0 Å². The maximum absolute atomic E-state index is 13.3. The number of imide groups is 1. The van der Waals surface area contributed by atoms with Crippen molar-refractivity contribution in [2.24, 2.45) is 5.41 Å². The number of nitrogens with zero attached hydrogens (tertiary/aromatic N) is 1. The highest BCUT2D eigenvalue weighted by Gasteiger charge is 2.64. The minimum atomic E-state index is -0.157. The zero-order valence-corrected chi connectivity index (χ0v) is 23.8. The monoisotopic (exact) mass is 493 g/mol. The summed E-state index contributed by atoms with van der Waals surface area (Å²) in [7, 11) is 0. The van der Waals surface area contributed by atoms with Crippen LogP contribution in [0, 0.1) is 5.41 Å². The second kappa shape index (κ2) is 13.1. The van der Waals surface area contributed by atoms with Gasteiger partial charge in [0, 0.05) is 23.0 Å². The lowest BCUT2D eigenvalue weighted by molar-refractivity contribution is -0.145. The zero-order valence-electron chi connectivity index (χ0n) is 23.8. The number of amides is 2. The lowest BCUT2D eigenvalue weighted by Gasteiger charge is -2.52. The van der Waals surface area contributed by atoms with Crippen molar-refractivity contribution in [2.45, 2.75) is 142 Å². The summed E-state index contributed by atoms with van der Waals surface area (Å²) in [5.74, 6) is -0.233. The number of carbonyl (C=O) groups is 2. The molecule has 3 nitrogen and oxygen atoms in total. The summed E-state index contributed by atoms with van der Waals surface area (Å²) in [4.78, 5) is 28.3. The van der Waals surface area contributed by atoms with E-state index in [9.17, 15) is 9.59 Å². The molecule has 2 aliphatic rings. The first kappa shape index (κ1) is 28.7. The van der Waals surface area contributed by atoms with E-state index in [1.54, 1.807) is 4.90 Å². The Bertz CT molecular complexity index is 880. The van der Waals surface area contributed by atoms with Gasteiger partial charge in [0.05, 0.1) is 6.04 Å². The van der Waals surface area contributed by atoms with Crippen LogP contribution in [-0.2, 0) is 21.4 Å². The third-order valence-corrected chi connectivity index (χ3v) is 9.20. The SMILES string of the molecule is CCCCc1cccc2c1C(CCCC)(CCCC)C(CCCC)(CCCC)[C@@H]2N1C(=O)C=CC1=O. The van der Waals surface area contributed by atoms with Crippen LogP contribution in [0.3, 0.4) is 0 Å². The molecule has 0 saturated heterocycles. The van der Waals surface area contributed by atoms with Crippen molar-refractivity contribution in [3.8, 4) is 0 Å². The number of rotatable bonds is 16. The molecule has 0 saturated carbocycles. The van der Waals surface area contributed by atoms with E-state index in [2.05, 4.69) is 52.8 Å².